The number of ether oxygens (including phenoxy) is 2. The van der Waals surface area contributed by atoms with E-state index in [0.29, 0.717) is 52.3 Å². The van der Waals surface area contributed by atoms with Gasteiger partial charge in [-0.05, 0) is 90.1 Å². The van der Waals surface area contributed by atoms with E-state index in [9.17, 15) is 15.3 Å². The van der Waals surface area contributed by atoms with Crippen LogP contribution in [0, 0.1) is 28.5 Å². The second-order valence-electron chi connectivity index (χ2n) is 14.8. The fourth-order valence-electron chi connectivity index (χ4n) is 7.86. The van der Waals surface area contributed by atoms with E-state index >= 15 is 4.39 Å². The standard InChI is InChI=1S/C39H40ClFN8O3/c1-22(30-13-8-17-47(30)5)51-37-35-36(49(46-45-35)26-15-18-48(25(19-26)14-16-42)38(50)52-39(2,3)4)28-20-29(40)32(33(41)34(28)44-37)27-12-7-10-23-9-6-11-24(21-43)31(23)27/h6-7,9-12,20,22,25-26,30H,8,13-15,17-19H2,1-5H3/t22-,25-,26-,30-/m0/s1. The summed E-state index contributed by atoms with van der Waals surface area (Å²) in [6.45, 7) is 8.68. The zero-order chi connectivity index (χ0) is 36.9. The molecule has 4 heterocycles. The molecule has 2 aliphatic heterocycles. The fraction of sp³-hybridized carbons (Fsp3) is 0.436. The minimum absolute atomic E-state index is 0.0311. The number of carbonyl (C=O) groups excluding carboxylic acids is 1. The minimum Gasteiger partial charge on any atom is -0.471 e. The van der Waals surface area contributed by atoms with Gasteiger partial charge in [-0.3, -0.25) is 4.90 Å². The Morgan fingerprint density at radius 2 is 1.90 bits per heavy atom. The number of carbonyl (C=O) groups is 1. The van der Waals surface area contributed by atoms with Crippen LogP contribution in [-0.4, -0.2) is 79.8 Å². The van der Waals surface area contributed by atoms with Gasteiger partial charge in [0.25, 0.3) is 0 Å². The number of amides is 1. The van der Waals surface area contributed by atoms with Crippen LogP contribution >= 0.6 is 11.6 Å². The van der Waals surface area contributed by atoms with Crippen LogP contribution in [0.15, 0.2) is 42.5 Å². The van der Waals surface area contributed by atoms with Gasteiger partial charge >= 0.3 is 6.09 Å². The summed E-state index contributed by atoms with van der Waals surface area (Å²) in [5.41, 5.74) is 1.21. The number of piperidine rings is 1. The Hall–Kier alpha value is -5.04. The van der Waals surface area contributed by atoms with E-state index < -0.39 is 23.6 Å². The molecular weight excluding hydrogens is 683 g/mol. The predicted octanol–water partition coefficient (Wildman–Crippen LogP) is 8.18. The lowest BCUT2D eigenvalue weighted by atomic mass is 9.93. The molecule has 0 radical (unpaired) electrons. The molecule has 2 aliphatic rings. The highest BCUT2D eigenvalue weighted by atomic mass is 35.5. The summed E-state index contributed by atoms with van der Waals surface area (Å²) in [6, 6.07) is 16.3. The van der Waals surface area contributed by atoms with Gasteiger partial charge in [0.2, 0.25) is 5.88 Å². The van der Waals surface area contributed by atoms with Gasteiger partial charge in [-0.2, -0.15) is 10.5 Å². The molecule has 2 fully saturated rings. The Morgan fingerprint density at radius 3 is 2.60 bits per heavy atom. The van der Waals surface area contributed by atoms with Crippen molar-refractivity contribution in [2.75, 3.05) is 20.1 Å². The van der Waals surface area contributed by atoms with Crippen LogP contribution in [0.25, 0.3) is 43.8 Å². The first-order chi connectivity index (χ1) is 24.9. The third-order valence-electron chi connectivity index (χ3n) is 10.3. The van der Waals surface area contributed by atoms with Crippen LogP contribution < -0.4 is 4.74 Å². The lowest BCUT2D eigenvalue weighted by Gasteiger charge is -2.39. The maximum absolute atomic E-state index is 17.3. The molecule has 52 heavy (non-hydrogen) atoms. The maximum atomic E-state index is 17.3. The number of hydrogen-bond acceptors (Lipinski definition) is 9. The van der Waals surface area contributed by atoms with E-state index in [-0.39, 0.29) is 46.6 Å². The number of nitrogens with zero attached hydrogens (tertiary/aromatic N) is 8. The molecule has 13 heteroatoms. The van der Waals surface area contributed by atoms with Crippen molar-refractivity contribution in [1.82, 2.24) is 29.8 Å². The van der Waals surface area contributed by atoms with Crippen molar-refractivity contribution >= 4 is 50.4 Å². The van der Waals surface area contributed by atoms with E-state index in [0.717, 1.165) is 24.8 Å². The fourth-order valence-corrected chi connectivity index (χ4v) is 8.16. The van der Waals surface area contributed by atoms with Crippen LogP contribution in [0.5, 0.6) is 5.88 Å². The van der Waals surface area contributed by atoms with Crippen molar-refractivity contribution in [2.24, 2.45) is 0 Å². The van der Waals surface area contributed by atoms with Gasteiger partial charge in [0.05, 0.1) is 41.2 Å². The number of likely N-dealkylation sites (N-methyl/N-ethyl adjacent to an activating group) is 1. The van der Waals surface area contributed by atoms with Crippen molar-refractivity contribution in [1.29, 1.82) is 10.5 Å². The SMILES string of the molecule is C[C@H](Oc1nc2c(F)c(-c3cccc4cccc(C#N)c34)c(Cl)cc2c2c1nnn2[C@H]1CCN(C(=O)OC(C)(C)C)[C@@H](CC#N)C1)[C@@H]1CCCN1C. The number of nitriles is 2. The van der Waals surface area contributed by atoms with Crippen molar-refractivity contribution in [3.05, 3.63) is 58.9 Å². The first-order valence-electron chi connectivity index (χ1n) is 17.6. The third kappa shape index (κ3) is 6.35. The summed E-state index contributed by atoms with van der Waals surface area (Å²) in [7, 11) is 2.06. The lowest BCUT2D eigenvalue weighted by Crippen LogP contribution is -2.48. The van der Waals surface area contributed by atoms with Crippen LogP contribution in [0.2, 0.25) is 5.02 Å². The molecule has 1 amide bonds. The van der Waals surface area contributed by atoms with Crippen molar-refractivity contribution in [3.63, 3.8) is 0 Å². The first-order valence-corrected chi connectivity index (χ1v) is 18.0. The molecule has 7 rings (SSSR count). The second kappa shape index (κ2) is 13.8. The highest BCUT2D eigenvalue weighted by molar-refractivity contribution is 6.35. The Bertz CT molecular complexity index is 2280. The molecule has 11 nitrogen and oxygen atoms in total. The third-order valence-corrected chi connectivity index (χ3v) is 10.6. The Balaban J connectivity index is 1.40. The van der Waals surface area contributed by atoms with Gasteiger partial charge in [0.15, 0.2) is 11.3 Å². The summed E-state index contributed by atoms with van der Waals surface area (Å²) >= 11 is 7.01. The molecule has 2 aromatic heterocycles. The molecule has 0 unspecified atom stereocenters. The Morgan fingerprint density at radius 1 is 1.13 bits per heavy atom. The number of hydrogen-bond donors (Lipinski definition) is 0. The molecule has 3 aromatic carbocycles. The van der Waals surface area contributed by atoms with Crippen molar-refractivity contribution in [3.8, 4) is 29.1 Å². The summed E-state index contributed by atoms with van der Waals surface area (Å²) in [6.07, 6.45) is 2.23. The topological polar surface area (TPSA) is 133 Å². The van der Waals surface area contributed by atoms with E-state index in [2.05, 4.69) is 34.4 Å². The summed E-state index contributed by atoms with van der Waals surface area (Å²) in [4.78, 5) is 21.8. The Labute approximate surface area is 306 Å². The van der Waals surface area contributed by atoms with Gasteiger partial charge in [0, 0.05) is 28.9 Å². The number of aromatic nitrogens is 4. The van der Waals surface area contributed by atoms with Gasteiger partial charge in [-0.15, -0.1) is 5.10 Å². The number of pyridine rings is 1. The normalized spacial score (nSPS) is 20.2. The van der Waals surface area contributed by atoms with Gasteiger partial charge < -0.3 is 14.4 Å². The number of fused-ring (bicyclic) bond motifs is 4. The molecule has 2 saturated heterocycles. The molecular formula is C39H40ClFN8O3. The first kappa shape index (κ1) is 35.4. The molecule has 0 saturated carbocycles. The molecule has 5 aromatic rings. The molecule has 4 atom stereocenters. The summed E-state index contributed by atoms with van der Waals surface area (Å²) in [5, 5.41) is 30.8. The highest BCUT2D eigenvalue weighted by Crippen LogP contribution is 2.43. The number of likely N-dealkylation sites (tertiary alicyclic amines) is 2. The average molecular weight is 723 g/mol. The number of rotatable bonds is 6. The molecule has 0 aliphatic carbocycles. The molecule has 0 bridgehead atoms. The van der Waals surface area contributed by atoms with E-state index in [4.69, 9.17) is 26.1 Å². The van der Waals surface area contributed by atoms with Crippen LogP contribution in [-0.2, 0) is 4.74 Å². The summed E-state index contributed by atoms with van der Waals surface area (Å²) in [5.74, 6) is -0.501. The highest BCUT2D eigenvalue weighted by Gasteiger charge is 2.37. The number of halogens is 2. The molecule has 268 valence electrons. The van der Waals surface area contributed by atoms with E-state index in [1.165, 1.54) is 0 Å². The quantitative estimate of drug-likeness (QED) is 0.170. The Kier molecular flexibility index (Phi) is 9.41. The monoisotopic (exact) mass is 722 g/mol. The predicted molar refractivity (Wildman–Crippen MR) is 196 cm³/mol. The average Bonchev–Trinajstić information content (AvgIpc) is 3.75. The zero-order valence-corrected chi connectivity index (χ0v) is 30.6. The van der Waals surface area contributed by atoms with Crippen LogP contribution in [0.4, 0.5) is 9.18 Å². The summed E-state index contributed by atoms with van der Waals surface area (Å²) < 4.78 is 31.2. The van der Waals surface area contributed by atoms with Crippen molar-refractivity contribution in [2.45, 2.75) is 89.6 Å². The van der Waals surface area contributed by atoms with Crippen LogP contribution in [0.1, 0.15) is 71.4 Å². The largest absolute Gasteiger partial charge is 0.471 e. The van der Waals surface area contributed by atoms with Gasteiger partial charge in [-0.1, -0.05) is 47.1 Å². The van der Waals surface area contributed by atoms with E-state index in [1.807, 2.05) is 25.1 Å². The van der Waals surface area contributed by atoms with Crippen molar-refractivity contribution < 1.29 is 18.7 Å². The number of benzene rings is 3. The van der Waals surface area contributed by atoms with E-state index in [1.54, 1.807) is 54.6 Å². The molecule has 0 spiro atoms. The van der Waals surface area contributed by atoms with Gasteiger partial charge in [0.1, 0.15) is 22.7 Å². The lowest BCUT2D eigenvalue weighted by molar-refractivity contribution is 0.00557. The molecule has 0 N–H and O–H groups in total. The zero-order valence-electron chi connectivity index (χ0n) is 29.9. The van der Waals surface area contributed by atoms with Crippen LogP contribution in [0.3, 0.4) is 0 Å². The van der Waals surface area contributed by atoms with Gasteiger partial charge in [-0.25, -0.2) is 18.9 Å². The minimum atomic E-state index is -0.690. The smallest absolute Gasteiger partial charge is 0.410 e. The second-order valence-corrected chi connectivity index (χ2v) is 15.2. The maximum Gasteiger partial charge on any atom is 0.410 e.